The van der Waals surface area contributed by atoms with E-state index in [1.54, 1.807) is 6.07 Å². The third-order valence-corrected chi connectivity index (χ3v) is 4.68. The lowest BCUT2D eigenvalue weighted by atomic mass is 10.0. The topological polar surface area (TPSA) is 69.6 Å². The van der Waals surface area contributed by atoms with Crippen molar-refractivity contribution < 1.29 is 0 Å². The van der Waals surface area contributed by atoms with E-state index in [2.05, 4.69) is 15.5 Å². The van der Waals surface area contributed by atoms with Crippen LogP contribution in [-0.2, 0) is 6.54 Å². The van der Waals surface area contributed by atoms with E-state index in [1.807, 2.05) is 16.8 Å². The van der Waals surface area contributed by atoms with Gasteiger partial charge in [0.1, 0.15) is 0 Å². The molecule has 0 saturated heterocycles. The number of aromatic nitrogens is 4. The van der Waals surface area contributed by atoms with Crippen LogP contribution < -0.4 is 5.73 Å². The first-order chi connectivity index (χ1) is 10.3. The SMILES string of the molecule is Nc1cccc(-c2nnnn2CCCC2CCCC2)c1Cl. The lowest BCUT2D eigenvalue weighted by molar-refractivity contribution is 0.444. The summed E-state index contributed by atoms with van der Waals surface area (Å²) in [6, 6.07) is 5.55. The summed E-state index contributed by atoms with van der Waals surface area (Å²) in [5.74, 6) is 1.58. The number of tetrazole rings is 1. The Morgan fingerprint density at radius 3 is 2.90 bits per heavy atom. The third kappa shape index (κ3) is 3.18. The number of benzene rings is 1. The van der Waals surface area contributed by atoms with Crippen molar-refractivity contribution in [2.75, 3.05) is 5.73 Å². The maximum atomic E-state index is 6.26. The molecular formula is C15H20ClN5. The number of rotatable bonds is 5. The molecule has 0 radical (unpaired) electrons. The minimum atomic E-state index is 0.518. The van der Waals surface area contributed by atoms with Gasteiger partial charge in [-0.05, 0) is 41.3 Å². The monoisotopic (exact) mass is 305 g/mol. The average Bonchev–Trinajstić information content (AvgIpc) is 3.14. The highest BCUT2D eigenvalue weighted by Crippen LogP contribution is 2.31. The van der Waals surface area contributed by atoms with Crippen molar-refractivity contribution in [3.8, 4) is 11.4 Å². The van der Waals surface area contributed by atoms with E-state index in [1.165, 1.54) is 32.1 Å². The molecule has 2 N–H and O–H groups in total. The zero-order chi connectivity index (χ0) is 14.7. The molecule has 5 nitrogen and oxygen atoms in total. The second kappa shape index (κ2) is 6.43. The largest absolute Gasteiger partial charge is 0.398 e. The summed E-state index contributed by atoms with van der Waals surface area (Å²) in [4.78, 5) is 0. The van der Waals surface area contributed by atoms with Crippen LogP contribution in [0.15, 0.2) is 18.2 Å². The fourth-order valence-electron chi connectivity index (χ4n) is 3.10. The number of hydrogen-bond donors (Lipinski definition) is 1. The number of hydrogen-bond acceptors (Lipinski definition) is 4. The number of nitrogens with two attached hydrogens (primary N) is 1. The van der Waals surface area contributed by atoms with Gasteiger partial charge in [0.2, 0.25) is 0 Å². The van der Waals surface area contributed by atoms with Gasteiger partial charge in [0.25, 0.3) is 0 Å². The van der Waals surface area contributed by atoms with Crippen molar-refractivity contribution in [2.24, 2.45) is 5.92 Å². The van der Waals surface area contributed by atoms with Gasteiger partial charge in [-0.3, -0.25) is 0 Å². The Kier molecular flexibility index (Phi) is 4.39. The minimum Gasteiger partial charge on any atom is -0.398 e. The first-order valence-corrected chi connectivity index (χ1v) is 7.94. The molecule has 6 heteroatoms. The normalized spacial score (nSPS) is 15.7. The number of anilines is 1. The van der Waals surface area contributed by atoms with Crippen LogP contribution in [0.1, 0.15) is 38.5 Å². The van der Waals surface area contributed by atoms with E-state index in [4.69, 9.17) is 17.3 Å². The van der Waals surface area contributed by atoms with Crippen molar-refractivity contribution in [3.05, 3.63) is 23.2 Å². The summed E-state index contributed by atoms with van der Waals surface area (Å²) in [5.41, 5.74) is 7.19. The van der Waals surface area contributed by atoms with Gasteiger partial charge in [0.05, 0.1) is 10.7 Å². The third-order valence-electron chi connectivity index (χ3n) is 4.26. The predicted molar refractivity (Wildman–Crippen MR) is 83.9 cm³/mol. The lowest BCUT2D eigenvalue weighted by Gasteiger charge is -2.10. The summed E-state index contributed by atoms with van der Waals surface area (Å²) in [6.07, 6.45) is 7.89. The predicted octanol–water partition coefficient (Wildman–Crippen LogP) is 3.55. The van der Waals surface area contributed by atoms with E-state index in [0.717, 1.165) is 24.4 Å². The molecule has 1 aromatic carbocycles. The Bertz CT molecular complexity index is 604. The van der Waals surface area contributed by atoms with E-state index >= 15 is 0 Å². The molecule has 0 bridgehead atoms. The highest BCUT2D eigenvalue weighted by atomic mass is 35.5. The van der Waals surface area contributed by atoms with Crippen LogP contribution in [0.3, 0.4) is 0 Å². The van der Waals surface area contributed by atoms with Gasteiger partial charge in [-0.1, -0.05) is 43.4 Å². The van der Waals surface area contributed by atoms with Crippen LogP contribution in [0.25, 0.3) is 11.4 Å². The van der Waals surface area contributed by atoms with Crippen LogP contribution in [0.4, 0.5) is 5.69 Å². The fraction of sp³-hybridized carbons (Fsp3) is 0.533. The first kappa shape index (κ1) is 14.3. The molecule has 0 amide bonds. The number of nitrogen functional groups attached to an aromatic ring is 1. The summed E-state index contributed by atoms with van der Waals surface area (Å²) in [5, 5.41) is 12.5. The van der Waals surface area contributed by atoms with Crippen LogP contribution in [0, 0.1) is 5.92 Å². The van der Waals surface area contributed by atoms with E-state index in [-0.39, 0.29) is 0 Å². The minimum absolute atomic E-state index is 0.518. The van der Waals surface area contributed by atoms with Crippen LogP contribution in [-0.4, -0.2) is 20.2 Å². The molecule has 0 aliphatic heterocycles. The Morgan fingerprint density at radius 2 is 2.10 bits per heavy atom. The molecule has 1 heterocycles. The lowest BCUT2D eigenvalue weighted by Crippen LogP contribution is -2.05. The Hall–Kier alpha value is -1.62. The molecule has 3 rings (SSSR count). The summed E-state index contributed by atoms with van der Waals surface area (Å²) >= 11 is 6.26. The van der Waals surface area contributed by atoms with E-state index in [9.17, 15) is 0 Å². The van der Waals surface area contributed by atoms with Crippen molar-refractivity contribution in [3.63, 3.8) is 0 Å². The summed E-state index contributed by atoms with van der Waals surface area (Å²) < 4.78 is 1.83. The fourth-order valence-corrected chi connectivity index (χ4v) is 3.31. The van der Waals surface area contributed by atoms with Gasteiger partial charge in [-0.2, -0.15) is 0 Å². The molecule has 0 unspecified atom stereocenters. The van der Waals surface area contributed by atoms with E-state index < -0.39 is 0 Å². The Balaban J connectivity index is 1.70. The first-order valence-electron chi connectivity index (χ1n) is 7.56. The van der Waals surface area contributed by atoms with Crippen molar-refractivity contribution in [1.82, 2.24) is 20.2 Å². The molecule has 112 valence electrons. The maximum Gasteiger partial charge on any atom is 0.183 e. The van der Waals surface area contributed by atoms with Gasteiger partial charge in [-0.15, -0.1) is 5.10 Å². The van der Waals surface area contributed by atoms with Crippen LogP contribution in [0.2, 0.25) is 5.02 Å². The zero-order valence-corrected chi connectivity index (χ0v) is 12.8. The number of aryl methyl sites for hydroxylation is 1. The van der Waals surface area contributed by atoms with Gasteiger partial charge >= 0.3 is 0 Å². The smallest absolute Gasteiger partial charge is 0.183 e. The molecule has 2 aromatic rings. The molecule has 0 atom stereocenters. The second-order valence-electron chi connectivity index (χ2n) is 5.73. The summed E-state index contributed by atoms with van der Waals surface area (Å²) in [6.45, 7) is 0.823. The average molecular weight is 306 g/mol. The molecule has 1 saturated carbocycles. The highest BCUT2D eigenvalue weighted by molar-refractivity contribution is 6.35. The van der Waals surface area contributed by atoms with Gasteiger partial charge in [0.15, 0.2) is 5.82 Å². The van der Waals surface area contributed by atoms with Crippen LogP contribution in [0.5, 0.6) is 0 Å². The number of halogens is 1. The van der Waals surface area contributed by atoms with Crippen molar-refractivity contribution in [1.29, 1.82) is 0 Å². The zero-order valence-electron chi connectivity index (χ0n) is 12.0. The number of nitrogens with zero attached hydrogens (tertiary/aromatic N) is 4. The van der Waals surface area contributed by atoms with Crippen LogP contribution >= 0.6 is 11.6 Å². The molecule has 1 aliphatic carbocycles. The Morgan fingerprint density at radius 1 is 1.29 bits per heavy atom. The van der Waals surface area contributed by atoms with Crippen molar-refractivity contribution in [2.45, 2.75) is 45.1 Å². The standard InChI is InChI=1S/C15H20ClN5/c16-14-12(8-3-9-13(14)17)15-18-19-20-21(15)10-4-7-11-5-1-2-6-11/h3,8-9,11H,1-2,4-7,10,17H2. The van der Waals surface area contributed by atoms with Gasteiger partial charge in [0, 0.05) is 12.1 Å². The molecular weight excluding hydrogens is 286 g/mol. The summed E-state index contributed by atoms with van der Waals surface area (Å²) in [7, 11) is 0. The van der Waals surface area contributed by atoms with E-state index in [0.29, 0.717) is 16.5 Å². The van der Waals surface area contributed by atoms with Crippen molar-refractivity contribution >= 4 is 17.3 Å². The molecule has 1 aliphatic rings. The molecule has 1 aromatic heterocycles. The second-order valence-corrected chi connectivity index (χ2v) is 6.11. The molecule has 1 fully saturated rings. The Labute approximate surface area is 129 Å². The van der Waals surface area contributed by atoms with Gasteiger partial charge in [-0.25, -0.2) is 4.68 Å². The quantitative estimate of drug-likeness (QED) is 0.858. The maximum absolute atomic E-state index is 6.26. The highest BCUT2D eigenvalue weighted by Gasteiger charge is 2.16. The molecule has 21 heavy (non-hydrogen) atoms. The molecule has 0 spiro atoms. The van der Waals surface area contributed by atoms with Gasteiger partial charge < -0.3 is 5.73 Å².